The van der Waals surface area contributed by atoms with Gasteiger partial charge < -0.3 is 9.42 Å². The Morgan fingerprint density at radius 3 is 2.68 bits per heavy atom. The summed E-state index contributed by atoms with van der Waals surface area (Å²) in [5, 5.41) is 8.38. The van der Waals surface area contributed by atoms with Crippen molar-refractivity contribution in [1.82, 2.24) is 24.4 Å². The Bertz CT molecular complexity index is 1040. The van der Waals surface area contributed by atoms with Crippen molar-refractivity contribution in [2.24, 2.45) is 7.05 Å². The molecule has 1 aromatic carbocycles. The summed E-state index contributed by atoms with van der Waals surface area (Å²) in [4.78, 5) is 27.7. The molecule has 1 aliphatic heterocycles. The largest absolute Gasteiger partial charge is 0.361 e. The van der Waals surface area contributed by atoms with Gasteiger partial charge in [0.1, 0.15) is 11.3 Å². The molecule has 1 amide bonds. The monoisotopic (exact) mass is 381 g/mol. The molecule has 2 aromatic heterocycles. The van der Waals surface area contributed by atoms with E-state index in [1.54, 1.807) is 30.4 Å². The topological polar surface area (TPSA) is 86.2 Å². The van der Waals surface area contributed by atoms with Crippen LogP contribution in [0.5, 0.6) is 0 Å². The summed E-state index contributed by atoms with van der Waals surface area (Å²) in [6.45, 7) is 4.54. The zero-order valence-electron chi connectivity index (χ0n) is 16.3. The zero-order valence-corrected chi connectivity index (χ0v) is 16.3. The Balaban J connectivity index is 1.71. The average molecular weight is 381 g/mol. The molecule has 0 radical (unpaired) electrons. The predicted molar refractivity (Wildman–Crippen MR) is 102 cm³/mol. The lowest BCUT2D eigenvalue weighted by molar-refractivity contribution is 0.0724. The number of benzene rings is 1. The normalized spacial score (nSPS) is 16.7. The Morgan fingerprint density at radius 1 is 1.25 bits per heavy atom. The number of nitrogens with zero attached hydrogens (tertiary/aromatic N) is 5. The average Bonchev–Trinajstić information content (AvgIpc) is 3.37. The van der Waals surface area contributed by atoms with E-state index in [-0.39, 0.29) is 17.6 Å². The van der Waals surface area contributed by atoms with E-state index < -0.39 is 0 Å². The second-order valence-electron chi connectivity index (χ2n) is 7.19. The van der Waals surface area contributed by atoms with E-state index in [2.05, 4.69) is 10.3 Å². The van der Waals surface area contributed by atoms with Gasteiger partial charge in [0.25, 0.3) is 5.91 Å². The van der Waals surface area contributed by atoms with Gasteiger partial charge in [-0.1, -0.05) is 35.5 Å². The van der Waals surface area contributed by atoms with Crippen LogP contribution in [0.25, 0.3) is 0 Å². The SMILES string of the molecule is Cc1noc(C)c1C(=O)N1CCCC1c1nn(C)c(=O)n1Cc1ccccc1. The van der Waals surface area contributed by atoms with Gasteiger partial charge in [-0.05, 0) is 32.3 Å². The van der Waals surface area contributed by atoms with Crippen molar-refractivity contribution < 1.29 is 9.32 Å². The summed E-state index contributed by atoms with van der Waals surface area (Å²) >= 11 is 0. The smallest absolute Gasteiger partial charge is 0.346 e. The predicted octanol–water partition coefficient (Wildman–Crippen LogP) is 2.21. The highest BCUT2D eigenvalue weighted by Crippen LogP contribution is 2.33. The molecule has 1 saturated heterocycles. The molecule has 0 aliphatic carbocycles. The van der Waals surface area contributed by atoms with Crippen molar-refractivity contribution in [3.63, 3.8) is 0 Å². The van der Waals surface area contributed by atoms with Crippen LogP contribution in [-0.2, 0) is 13.6 Å². The summed E-state index contributed by atoms with van der Waals surface area (Å²) < 4.78 is 8.18. The highest BCUT2D eigenvalue weighted by molar-refractivity contribution is 5.96. The van der Waals surface area contributed by atoms with Gasteiger partial charge in [0.15, 0.2) is 5.82 Å². The number of carbonyl (C=O) groups is 1. The minimum absolute atomic E-state index is 0.122. The summed E-state index contributed by atoms with van der Waals surface area (Å²) in [5.74, 6) is 1.01. The maximum absolute atomic E-state index is 13.2. The molecule has 1 fully saturated rings. The van der Waals surface area contributed by atoms with Gasteiger partial charge in [0, 0.05) is 13.6 Å². The first-order chi connectivity index (χ1) is 13.5. The first-order valence-electron chi connectivity index (χ1n) is 9.39. The number of aryl methyl sites for hydroxylation is 3. The fourth-order valence-corrected chi connectivity index (χ4v) is 3.89. The van der Waals surface area contributed by atoms with E-state index in [0.29, 0.717) is 35.9 Å². The van der Waals surface area contributed by atoms with Gasteiger partial charge in [-0.15, -0.1) is 0 Å². The molecule has 1 atom stereocenters. The second-order valence-corrected chi connectivity index (χ2v) is 7.19. The van der Waals surface area contributed by atoms with Crippen molar-refractivity contribution in [3.8, 4) is 0 Å². The van der Waals surface area contributed by atoms with E-state index >= 15 is 0 Å². The molecule has 3 heterocycles. The zero-order chi connectivity index (χ0) is 19.8. The van der Waals surface area contributed by atoms with Crippen molar-refractivity contribution in [3.05, 3.63) is 69.2 Å². The van der Waals surface area contributed by atoms with Crippen LogP contribution in [0.2, 0.25) is 0 Å². The van der Waals surface area contributed by atoms with Crippen molar-refractivity contribution >= 4 is 5.91 Å². The lowest BCUT2D eigenvalue weighted by atomic mass is 10.1. The van der Waals surface area contributed by atoms with E-state index in [1.165, 1.54) is 4.68 Å². The van der Waals surface area contributed by atoms with E-state index in [0.717, 1.165) is 18.4 Å². The number of hydrogen-bond acceptors (Lipinski definition) is 5. The summed E-state index contributed by atoms with van der Waals surface area (Å²) in [5.41, 5.74) is 1.91. The number of likely N-dealkylation sites (tertiary alicyclic amines) is 1. The third-order valence-corrected chi connectivity index (χ3v) is 5.28. The quantitative estimate of drug-likeness (QED) is 0.692. The number of amides is 1. The molecular formula is C20H23N5O3. The Hall–Kier alpha value is -3.16. The maximum Gasteiger partial charge on any atom is 0.346 e. The molecule has 0 saturated carbocycles. The number of carbonyl (C=O) groups excluding carboxylic acids is 1. The van der Waals surface area contributed by atoms with Crippen molar-refractivity contribution in [2.45, 2.75) is 39.3 Å². The minimum Gasteiger partial charge on any atom is -0.361 e. The van der Waals surface area contributed by atoms with E-state index in [9.17, 15) is 9.59 Å². The van der Waals surface area contributed by atoms with Gasteiger partial charge in [-0.3, -0.25) is 9.36 Å². The minimum atomic E-state index is -0.251. The van der Waals surface area contributed by atoms with Gasteiger partial charge in [0.05, 0.1) is 18.3 Å². The van der Waals surface area contributed by atoms with Crippen LogP contribution in [0.4, 0.5) is 0 Å². The standard InChI is InChI=1S/C20H23N5O3/c1-13-17(14(2)28-22-13)19(26)24-11-7-10-16(24)18-21-23(3)20(27)25(18)12-15-8-5-4-6-9-15/h4-6,8-9,16H,7,10-12H2,1-3H3. The fraction of sp³-hybridized carbons (Fsp3) is 0.400. The number of aromatic nitrogens is 4. The second kappa shape index (κ2) is 7.10. The molecule has 8 heteroatoms. The molecule has 0 spiro atoms. The van der Waals surface area contributed by atoms with Crippen LogP contribution in [0.1, 0.15) is 52.1 Å². The summed E-state index contributed by atoms with van der Waals surface area (Å²) in [7, 11) is 1.64. The molecule has 146 valence electrons. The molecule has 3 aromatic rings. The molecule has 8 nitrogen and oxygen atoms in total. The number of rotatable bonds is 4. The van der Waals surface area contributed by atoms with Gasteiger partial charge >= 0.3 is 5.69 Å². The highest BCUT2D eigenvalue weighted by Gasteiger charge is 2.36. The molecule has 0 bridgehead atoms. The van der Waals surface area contributed by atoms with E-state index in [1.807, 2.05) is 30.3 Å². The van der Waals surface area contributed by atoms with Gasteiger partial charge in [0.2, 0.25) is 0 Å². The lowest BCUT2D eigenvalue weighted by Crippen LogP contribution is -2.33. The fourth-order valence-electron chi connectivity index (χ4n) is 3.89. The molecule has 1 unspecified atom stereocenters. The first-order valence-corrected chi connectivity index (χ1v) is 9.39. The maximum atomic E-state index is 13.2. The van der Waals surface area contributed by atoms with Crippen molar-refractivity contribution in [1.29, 1.82) is 0 Å². The van der Waals surface area contributed by atoms with Gasteiger partial charge in [-0.2, -0.15) is 5.10 Å². The molecule has 28 heavy (non-hydrogen) atoms. The number of hydrogen-bond donors (Lipinski definition) is 0. The van der Waals surface area contributed by atoms with Gasteiger partial charge in [-0.25, -0.2) is 9.48 Å². The van der Waals surface area contributed by atoms with E-state index in [4.69, 9.17) is 4.52 Å². The van der Waals surface area contributed by atoms with Crippen LogP contribution in [0.3, 0.4) is 0 Å². The van der Waals surface area contributed by atoms with Crippen LogP contribution < -0.4 is 5.69 Å². The highest BCUT2D eigenvalue weighted by atomic mass is 16.5. The van der Waals surface area contributed by atoms with Crippen LogP contribution >= 0.6 is 0 Å². The first kappa shape index (κ1) is 18.2. The summed E-state index contributed by atoms with van der Waals surface area (Å²) in [6.07, 6.45) is 1.62. The van der Waals surface area contributed by atoms with Crippen LogP contribution in [0, 0.1) is 13.8 Å². The van der Waals surface area contributed by atoms with Crippen LogP contribution in [-0.4, -0.2) is 36.9 Å². The van der Waals surface area contributed by atoms with Crippen molar-refractivity contribution in [2.75, 3.05) is 6.54 Å². The Labute approximate surface area is 162 Å². The molecule has 4 rings (SSSR count). The third-order valence-electron chi connectivity index (χ3n) is 5.28. The lowest BCUT2D eigenvalue weighted by Gasteiger charge is -2.24. The molecule has 1 aliphatic rings. The van der Waals surface area contributed by atoms with Crippen LogP contribution in [0.15, 0.2) is 39.6 Å². The third kappa shape index (κ3) is 3.04. The summed E-state index contributed by atoms with van der Waals surface area (Å²) in [6, 6.07) is 9.53. The Kier molecular flexibility index (Phi) is 4.62. The molecular weight excluding hydrogens is 358 g/mol. The molecule has 0 N–H and O–H groups in total. The Morgan fingerprint density at radius 2 is 2.00 bits per heavy atom.